The van der Waals surface area contributed by atoms with E-state index in [2.05, 4.69) is 43.1 Å². The minimum atomic E-state index is 0.353. The summed E-state index contributed by atoms with van der Waals surface area (Å²) in [5.74, 6) is 0.775. The Balaban J connectivity index is 1.93. The van der Waals surface area contributed by atoms with Crippen LogP contribution in [0.4, 0.5) is 5.69 Å². The topological polar surface area (TPSA) is 37.4 Å². The number of hydrogen-bond acceptors (Lipinski definition) is 4. The minimum absolute atomic E-state index is 0.353. The summed E-state index contributed by atoms with van der Waals surface area (Å²) in [5, 5.41) is 6.60. The zero-order chi connectivity index (χ0) is 20.1. The first-order chi connectivity index (χ1) is 13.6. The zero-order valence-corrected chi connectivity index (χ0v) is 18.0. The van der Waals surface area contributed by atoms with Gasteiger partial charge in [0.2, 0.25) is 0 Å². The lowest BCUT2D eigenvalue weighted by Crippen LogP contribution is -2.25. The molecule has 0 aliphatic carbocycles. The number of nitrogens with zero attached hydrogens (tertiary/aromatic N) is 2. The van der Waals surface area contributed by atoms with Crippen LogP contribution >= 0.6 is 11.6 Å². The SMILES string of the molecule is CCN(CC)CCCC(C)Nc1c2ccc(Cl)cc2nc2c(OC)cccc12. The number of benzene rings is 2. The number of anilines is 1. The lowest BCUT2D eigenvalue weighted by Gasteiger charge is -2.22. The molecular formula is C23H30ClN3O. The highest BCUT2D eigenvalue weighted by Crippen LogP contribution is 2.36. The summed E-state index contributed by atoms with van der Waals surface area (Å²) in [5.41, 5.74) is 2.84. The summed E-state index contributed by atoms with van der Waals surface area (Å²) < 4.78 is 5.55. The number of nitrogens with one attached hydrogen (secondary N) is 1. The van der Waals surface area contributed by atoms with Crippen molar-refractivity contribution >= 4 is 39.1 Å². The van der Waals surface area contributed by atoms with E-state index in [0.29, 0.717) is 11.1 Å². The average Bonchev–Trinajstić information content (AvgIpc) is 2.70. The highest BCUT2D eigenvalue weighted by atomic mass is 35.5. The molecule has 3 aromatic rings. The molecule has 0 bridgehead atoms. The molecule has 0 radical (unpaired) electrons. The number of pyridine rings is 1. The van der Waals surface area contributed by atoms with Gasteiger partial charge in [-0.05, 0) is 63.7 Å². The molecule has 1 heterocycles. The third kappa shape index (κ3) is 4.50. The number of aromatic nitrogens is 1. The molecule has 28 heavy (non-hydrogen) atoms. The fourth-order valence-electron chi connectivity index (χ4n) is 3.71. The van der Waals surface area contributed by atoms with E-state index in [1.807, 2.05) is 24.3 Å². The maximum Gasteiger partial charge on any atom is 0.145 e. The molecule has 1 N–H and O–H groups in total. The first-order valence-electron chi connectivity index (χ1n) is 10.1. The first kappa shape index (κ1) is 20.7. The molecule has 150 valence electrons. The molecule has 0 aliphatic heterocycles. The van der Waals surface area contributed by atoms with Crippen LogP contribution in [0.1, 0.15) is 33.6 Å². The molecule has 0 saturated heterocycles. The fourth-order valence-corrected chi connectivity index (χ4v) is 3.88. The van der Waals surface area contributed by atoms with Gasteiger partial charge in [-0.15, -0.1) is 0 Å². The van der Waals surface area contributed by atoms with E-state index >= 15 is 0 Å². The Labute approximate surface area is 172 Å². The molecule has 1 atom stereocenters. The largest absolute Gasteiger partial charge is 0.494 e. The highest BCUT2D eigenvalue weighted by molar-refractivity contribution is 6.31. The monoisotopic (exact) mass is 399 g/mol. The summed E-state index contributed by atoms with van der Waals surface area (Å²) in [6, 6.07) is 12.3. The van der Waals surface area contributed by atoms with E-state index in [0.717, 1.165) is 59.3 Å². The van der Waals surface area contributed by atoms with Crippen molar-refractivity contribution < 1.29 is 4.74 Å². The van der Waals surface area contributed by atoms with Gasteiger partial charge in [0.1, 0.15) is 11.3 Å². The van der Waals surface area contributed by atoms with Crippen molar-refractivity contribution in [3.05, 3.63) is 41.4 Å². The van der Waals surface area contributed by atoms with Crippen LogP contribution in [-0.4, -0.2) is 42.7 Å². The quantitative estimate of drug-likeness (QED) is 0.449. The number of hydrogen-bond donors (Lipinski definition) is 1. The van der Waals surface area contributed by atoms with Crippen molar-refractivity contribution in [3.63, 3.8) is 0 Å². The Hall–Kier alpha value is -2.04. The maximum absolute atomic E-state index is 6.23. The van der Waals surface area contributed by atoms with E-state index in [9.17, 15) is 0 Å². The van der Waals surface area contributed by atoms with Gasteiger partial charge in [0, 0.05) is 21.8 Å². The number of methoxy groups -OCH3 is 1. The number of rotatable bonds is 9. The molecule has 0 amide bonds. The molecule has 1 unspecified atom stereocenters. The number of halogens is 1. The smallest absolute Gasteiger partial charge is 0.145 e. The van der Waals surface area contributed by atoms with E-state index < -0.39 is 0 Å². The lowest BCUT2D eigenvalue weighted by molar-refractivity contribution is 0.295. The summed E-state index contributed by atoms with van der Waals surface area (Å²) in [4.78, 5) is 7.30. The highest BCUT2D eigenvalue weighted by Gasteiger charge is 2.14. The fraction of sp³-hybridized carbons (Fsp3) is 0.435. The second-order valence-corrected chi connectivity index (χ2v) is 7.66. The predicted molar refractivity (Wildman–Crippen MR) is 121 cm³/mol. The third-order valence-electron chi connectivity index (χ3n) is 5.35. The lowest BCUT2D eigenvalue weighted by atomic mass is 10.1. The number of para-hydroxylation sites is 1. The van der Waals surface area contributed by atoms with Gasteiger partial charge in [-0.25, -0.2) is 4.98 Å². The molecule has 0 aliphatic rings. The summed E-state index contributed by atoms with van der Waals surface area (Å²) >= 11 is 6.23. The maximum atomic E-state index is 6.23. The first-order valence-corrected chi connectivity index (χ1v) is 10.5. The molecule has 5 heteroatoms. The van der Waals surface area contributed by atoms with Crippen LogP contribution in [0.15, 0.2) is 36.4 Å². The second-order valence-electron chi connectivity index (χ2n) is 7.22. The number of fused-ring (bicyclic) bond motifs is 2. The second kappa shape index (κ2) is 9.44. The molecular weight excluding hydrogens is 370 g/mol. The van der Waals surface area contributed by atoms with Gasteiger partial charge in [-0.3, -0.25) is 0 Å². The molecule has 4 nitrogen and oxygen atoms in total. The van der Waals surface area contributed by atoms with Crippen LogP contribution in [0.25, 0.3) is 21.8 Å². The van der Waals surface area contributed by atoms with Crippen molar-refractivity contribution in [3.8, 4) is 5.75 Å². The normalized spacial score (nSPS) is 12.6. The van der Waals surface area contributed by atoms with Crippen molar-refractivity contribution in [2.45, 2.75) is 39.7 Å². The van der Waals surface area contributed by atoms with Crippen molar-refractivity contribution in [1.29, 1.82) is 0 Å². The molecule has 0 spiro atoms. The van der Waals surface area contributed by atoms with Gasteiger partial charge in [0.05, 0.1) is 18.3 Å². The van der Waals surface area contributed by atoms with Gasteiger partial charge >= 0.3 is 0 Å². The van der Waals surface area contributed by atoms with Crippen LogP contribution in [0.5, 0.6) is 5.75 Å². The average molecular weight is 400 g/mol. The Bertz CT molecular complexity index is 940. The molecule has 0 fully saturated rings. The van der Waals surface area contributed by atoms with Gasteiger partial charge in [0.25, 0.3) is 0 Å². The van der Waals surface area contributed by atoms with E-state index in [1.54, 1.807) is 7.11 Å². The van der Waals surface area contributed by atoms with Gasteiger partial charge in [-0.1, -0.05) is 37.6 Å². The minimum Gasteiger partial charge on any atom is -0.494 e. The molecule has 3 rings (SSSR count). The number of ether oxygens (including phenoxy) is 1. The van der Waals surface area contributed by atoms with Crippen LogP contribution in [0.2, 0.25) is 5.02 Å². The van der Waals surface area contributed by atoms with E-state index in [1.165, 1.54) is 6.42 Å². The van der Waals surface area contributed by atoms with Crippen LogP contribution < -0.4 is 10.1 Å². The van der Waals surface area contributed by atoms with Crippen LogP contribution in [-0.2, 0) is 0 Å². The Morgan fingerprint density at radius 3 is 2.64 bits per heavy atom. The Kier molecular flexibility index (Phi) is 6.97. The van der Waals surface area contributed by atoms with Crippen LogP contribution in [0.3, 0.4) is 0 Å². The standard InChI is InChI=1S/C23H30ClN3O/c1-5-27(6-2)14-8-9-16(3)25-22-18-13-12-17(24)15-20(18)26-23-19(22)10-7-11-21(23)28-4/h7,10-13,15-16H,5-6,8-9,14H2,1-4H3,(H,25,26). The Morgan fingerprint density at radius 2 is 1.93 bits per heavy atom. The van der Waals surface area contributed by atoms with Gasteiger partial charge in [-0.2, -0.15) is 0 Å². The van der Waals surface area contributed by atoms with Gasteiger partial charge in [0.15, 0.2) is 0 Å². The van der Waals surface area contributed by atoms with E-state index in [-0.39, 0.29) is 0 Å². The Morgan fingerprint density at radius 1 is 1.14 bits per heavy atom. The van der Waals surface area contributed by atoms with Crippen molar-refractivity contribution in [1.82, 2.24) is 9.88 Å². The van der Waals surface area contributed by atoms with Gasteiger partial charge < -0.3 is 15.0 Å². The molecule has 0 saturated carbocycles. The molecule has 1 aromatic heterocycles. The summed E-state index contributed by atoms with van der Waals surface area (Å²) in [7, 11) is 1.68. The molecule has 2 aromatic carbocycles. The van der Waals surface area contributed by atoms with E-state index in [4.69, 9.17) is 21.3 Å². The summed E-state index contributed by atoms with van der Waals surface area (Å²) in [6.07, 6.45) is 2.28. The predicted octanol–water partition coefficient (Wildman–Crippen LogP) is 5.97. The van der Waals surface area contributed by atoms with Crippen molar-refractivity contribution in [2.24, 2.45) is 0 Å². The van der Waals surface area contributed by atoms with Crippen molar-refractivity contribution in [2.75, 3.05) is 32.1 Å². The zero-order valence-electron chi connectivity index (χ0n) is 17.3. The third-order valence-corrected chi connectivity index (χ3v) is 5.58. The van der Waals surface area contributed by atoms with Crippen LogP contribution in [0, 0.1) is 0 Å². The summed E-state index contributed by atoms with van der Waals surface area (Å²) in [6.45, 7) is 10.0.